The summed E-state index contributed by atoms with van der Waals surface area (Å²) in [4.78, 5) is 25.6. The number of nitrogens with one attached hydrogen (secondary N) is 2. The molecule has 0 aliphatic carbocycles. The summed E-state index contributed by atoms with van der Waals surface area (Å²) in [6.07, 6.45) is -0.722. The summed E-state index contributed by atoms with van der Waals surface area (Å²) in [5.74, 6) is 0.0954. The van der Waals surface area contributed by atoms with Crippen LogP contribution >= 0.6 is 0 Å². The van der Waals surface area contributed by atoms with E-state index < -0.39 is 6.10 Å². The van der Waals surface area contributed by atoms with Crippen molar-refractivity contribution in [1.29, 1.82) is 0 Å². The lowest BCUT2D eigenvalue weighted by Crippen LogP contribution is -2.32. The van der Waals surface area contributed by atoms with Gasteiger partial charge < -0.3 is 15.4 Å². The molecular weight excluding hydrogens is 388 g/mol. The maximum atomic E-state index is 12.9. The summed E-state index contributed by atoms with van der Waals surface area (Å²) in [7, 11) is 0. The van der Waals surface area contributed by atoms with Gasteiger partial charge in [0.05, 0.1) is 17.3 Å². The quantitative estimate of drug-likeness (QED) is 0.556. The van der Waals surface area contributed by atoms with E-state index in [0.29, 0.717) is 17.0 Å². The molecule has 31 heavy (non-hydrogen) atoms. The first-order valence-electron chi connectivity index (χ1n) is 10.4. The first-order chi connectivity index (χ1) is 14.9. The van der Waals surface area contributed by atoms with E-state index in [1.165, 1.54) is 0 Å². The van der Waals surface area contributed by atoms with Crippen molar-refractivity contribution in [2.45, 2.75) is 39.8 Å². The second-order valence-electron chi connectivity index (χ2n) is 7.60. The fourth-order valence-corrected chi connectivity index (χ4v) is 3.22. The van der Waals surface area contributed by atoms with Gasteiger partial charge >= 0.3 is 0 Å². The Bertz CT molecular complexity index is 1060. The van der Waals surface area contributed by atoms with Gasteiger partial charge in [-0.25, -0.2) is 0 Å². The molecule has 2 atom stereocenters. The standard InChI is InChI=1S/C26H28N2O3/c1-17-11-10-16-24(18(17)2)31-20(4)25(29)28-23-15-9-8-14-22(23)26(30)27-19(3)21-12-6-5-7-13-21/h5-16,19-20H,1-4H3,(H,27,30)(H,28,29)/t19-,20-/m1/s1. The number of ether oxygens (including phenoxy) is 1. The molecule has 2 amide bonds. The van der Waals surface area contributed by atoms with Crippen LogP contribution in [-0.2, 0) is 4.79 Å². The molecule has 3 aromatic rings. The number of hydrogen-bond acceptors (Lipinski definition) is 3. The molecule has 0 radical (unpaired) electrons. The highest BCUT2D eigenvalue weighted by Gasteiger charge is 2.20. The van der Waals surface area contributed by atoms with Crippen molar-refractivity contribution in [3.63, 3.8) is 0 Å². The van der Waals surface area contributed by atoms with Crippen LogP contribution in [0.4, 0.5) is 5.69 Å². The van der Waals surface area contributed by atoms with Crippen molar-refractivity contribution in [2.75, 3.05) is 5.32 Å². The van der Waals surface area contributed by atoms with Crippen molar-refractivity contribution in [3.05, 3.63) is 95.1 Å². The van der Waals surface area contributed by atoms with E-state index in [9.17, 15) is 9.59 Å². The second kappa shape index (κ2) is 9.94. The Hall–Kier alpha value is -3.60. The number of rotatable bonds is 7. The van der Waals surface area contributed by atoms with Crippen molar-refractivity contribution < 1.29 is 14.3 Å². The Morgan fingerprint density at radius 1 is 0.839 bits per heavy atom. The molecule has 0 fully saturated rings. The minimum Gasteiger partial charge on any atom is -0.481 e. The Morgan fingerprint density at radius 2 is 1.52 bits per heavy atom. The third-order valence-corrected chi connectivity index (χ3v) is 5.30. The zero-order valence-corrected chi connectivity index (χ0v) is 18.3. The van der Waals surface area contributed by atoms with Gasteiger partial charge in [0.2, 0.25) is 0 Å². The van der Waals surface area contributed by atoms with Gasteiger partial charge in [0.15, 0.2) is 6.10 Å². The Balaban J connectivity index is 1.70. The summed E-state index contributed by atoms with van der Waals surface area (Å²) in [5, 5.41) is 5.82. The van der Waals surface area contributed by atoms with Crippen LogP contribution in [0.1, 0.15) is 46.9 Å². The molecule has 2 N–H and O–H groups in total. The molecule has 5 heteroatoms. The van der Waals surface area contributed by atoms with Gasteiger partial charge in [0, 0.05) is 0 Å². The Morgan fingerprint density at radius 3 is 2.26 bits per heavy atom. The van der Waals surface area contributed by atoms with Gasteiger partial charge in [-0.15, -0.1) is 0 Å². The van der Waals surface area contributed by atoms with E-state index in [1.807, 2.05) is 69.3 Å². The number of hydrogen-bond donors (Lipinski definition) is 2. The highest BCUT2D eigenvalue weighted by atomic mass is 16.5. The molecule has 0 saturated carbocycles. The lowest BCUT2D eigenvalue weighted by Gasteiger charge is -2.19. The number of para-hydroxylation sites is 1. The normalized spacial score (nSPS) is 12.5. The summed E-state index contributed by atoms with van der Waals surface area (Å²) in [5.41, 5.74) is 3.95. The van der Waals surface area contributed by atoms with E-state index in [4.69, 9.17) is 4.74 Å². The van der Waals surface area contributed by atoms with Crippen LogP contribution in [0.15, 0.2) is 72.8 Å². The van der Waals surface area contributed by atoms with Gasteiger partial charge in [-0.05, 0) is 62.6 Å². The molecule has 0 unspecified atom stereocenters. The second-order valence-corrected chi connectivity index (χ2v) is 7.60. The van der Waals surface area contributed by atoms with Crippen LogP contribution in [0, 0.1) is 13.8 Å². The molecular formula is C26H28N2O3. The van der Waals surface area contributed by atoms with E-state index in [0.717, 1.165) is 16.7 Å². The van der Waals surface area contributed by atoms with Crippen LogP contribution in [0.5, 0.6) is 5.75 Å². The summed E-state index contributed by atoms with van der Waals surface area (Å²) in [6.45, 7) is 7.58. The molecule has 160 valence electrons. The molecule has 0 aliphatic rings. The first-order valence-corrected chi connectivity index (χ1v) is 10.4. The van der Waals surface area contributed by atoms with Crippen molar-refractivity contribution in [3.8, 4) is 5.75 Å². The highest BCUT2D eigenvalue weighted by molar-refractivity contribution is 6.04. The maximum absolute atomic E-state index is 12.9. The molecule has 3 aromatic carbocycles. The zero-order valence-electron chi connectivity index (χ0n) is 18.3. The smallest absolute Gasteiger partial charge is 0.265 e. The van der Waals surface area contributed by atoms with Gasteiger partial charge in [-0.3, -0.25) is 9.59 Å². The van der Waals surface area contributed by atoms with Gasteiger partial charge in [0.25, 0.3) is 11.8 Å². The molecule has 0 saturated heterocycles. The van der Waals surface area contributed by atoms with E-state index >= 15 is 0 Å². The monoisotopic (exact) mass is 416 g/mol. The number of benzene rings is 3. The Kier molecular flexibility index (Phi) is 7.08. The third kappa shape index (κ3) is 5.51. The predicted octanol–water partition coefficient (Wildman–Crippen LogP) is 5.20. The van der Waals surface area contributed by atoms with Crippen LogP contribution in [0.2, 0.25) is 0 Å². The number of carbonyl (C=O) groups is 2. The summed E-state index contributed by atoms with van der Waals surface area (Å²) >= 11 is 0. The molecule has 5 nitrogen and oxygen atoms in total. The number of amides is 2. The van der Waals surface area contributed by atoms with Gasteiger partial charge in [-0.1, -0.05) is 54.6 Å². The van der Waals surface area contributed by atoms with Crippen molar-refractivity contribution >= 4 is 17.5 Å². The number of carbonyl (C=O) groups excluding carboxylic acids is 2. The number of anilines is 1. The lowest BCUT2D eigenvalue weighted by atomic mass is 10.1. The SMILES string of the molecule is Cc1cccc(O[C@H](C)C(=O)Nc2ccccc2C(=O)N[C@H](C)c2ccccc2)c1C. The average molecular weight is 417 g/mol. The van der Waals surface area contributed by atoms with Gasteiger partial charge in [-0.2, -0.15) is 0 Å². The van der Waals surface area contributed by atoms with Crippen LogP contribution in [0.25, 0.3) is 0 Å². The Labute approximate surface area is 183 Å². The van der Waals surface area contributed by atoms with E-state index in [2.05, 4.69) is 10.6 Å². The number of aryl methyl sites for hydroxylation is 1. The topological polar surface area (TPSA) is 67.4 Å². The van der Waals surface area contributed by atoms with Crippen LogP contribution in [-0.4, -0.2) is 17.9 Å². The third-order valence-electron chi connectivity index (χ3n) is 5.30. The molecule has 0 bridgehead atoms. The maximum Gasteiger partial charge on any atom is 0.265 e. The van der Waals surface area contributed by atoms with Crippen molar-refractivity contribution in [1.82, 2.24) is 5.32 Å². The zero-order chi connectivity index (χ0) is 22.4. The largest absolute Gasteiger partial charge is 0.481 e. The van der Waals surface area contributed by atoms with E-state index in [-0.39, 0.29) is 17.9 Å². The molecule has 0 heterocycles. The van der Waals surface area contributed by atoms with Gasteiger partial charge in [0.1, 0.15) is 5.75 Å². The highest BCUT2D eigenvalue weighted by Crippen LogP contribution is 2.23. The average Bonchev–Trinajstić information content (AvgIpc) is 2.77. The summed E-state index contributed by atoms with van der Waals surface area (Å²) in [6, 6.07) is 22.3. The predicted molar refractivity (Wildman–Crippen MR) is 123 cm³/mol. The fraction of sp³-hybridized carbons (Fsp3) is 0.231. The first kappa shape index (κ1) is 22.1. The molecule has 3 rings (SSSR count). The summed E-state index contributed by atoms with van der Waals surface area (Å²) < 4.78 is 5.87. The lowest BCUT2D eigenvalue weighted by molar-refractivity contribution is -0.122. The minimum atomic E-state index is -0.722. The van der Waals surface area contributed by atoms with Crippen LogP contribution in [0.3, 0.4) is 0 Å². The van der Waals surface area contributed by atoms with Crippen molar-refractivity contribution in [2.24, 2.45) is 0 Å². The minimum absolute atomic E-state index is 0.163. The molecule has 0 spiro atoms. The molecule has 0 aromatic heterocycles. The fourth-order valence-electron chi connectivity index (χ4n) is 3.22. The van der Waals surface area contributed by atoms with E-state index in [1.54, 1.807) is 31.2 Å². The molecule has 0 aliphatic heterocycles. The van der Waals surface area contributed by atoms with Crippen LogP contribution < -0.4 is 15.4 Å².